The molecule has 2 atom stereocenters. The summed E-state index contributed by atoms with van der Waals surface area (Å²) in [6.45, 7) is 4.22. The molecule has 2 fully saturated rings. The van der Waals surface area contributed by atoms with Crippen LogP contribution in [0.15, 0.2) is 24.3 Å². The minimum absolute atomic E-state index is 0.0516. The first-order valence-corrected chi connectivity index (χ1v) is 7.69. The lowest BCUT2D eigenvalue weighted by Gasteiger charge is -2.33. The Kier molecular flexibility index (Phi) is 4.06. The van der Waals surface area contributed by atoms with Gasteiger partial charge in [0.2, 0.25) is 0 Å². The van der Waals surface area contributed by atoms with Crippen molar-refractivity contribution in [3.63, 3.8) is 0 Å². The van der Waals surface area contributed by atoms with Gasteiger partial charge in [0.05, 0.1) is 0 Å². The van der Waals surface area contributed by atoms with Gasteiger partial charge in [-0.25, -0.2) is 4.39 Å². The number of hydrogen-bond acceptors (Lipinski definition) is 3. The maximum absolute atomic E-state index is 13.1. The van der Waals surface area contributed by atoms with Crippen molar-refractivity contribution in [1.29, 1.82) is 0 Å². The van der Waals surface area contributed by atoms with Gasteiger partial charge in [0.15, 0.2) is 0 Å². The second kappa shape index (κ2) is 5.80. The molecule has 1 saturated heterocycles. The molecule has 0 bridgehead atoms. The van der Waals surface area contributed by atoms with Gasteiger partial charge in [0.25, 0.3) is 0 Å². The first-order valence-electron chi connectivity index (χ1n) is 7.69. The zero-order valence-electron chi connectivity index (χ0n) is 12.1. The quantitative estimate of drug-likeness (QED) is 0.790. The molecule has 0 amide bonds. The highest BCUT2D eigenvalue weighted by Gasteiger charge is 2.36. The highest BCUT2D eigenvalue weighted by atomic mass is 19.1. The van der Waals surface area contributed by atoms with Crippen LogP contribution in [0.5, 0.6) is 0 Å². The van der Waals surface area contributed by atoms with E-state index in [1.54, 1.807) is 12.1 Å². The summed E-state index contributed by atoms with van der Waals surface area (Å²) in [5.74, 6) is 0.452. The van der Waals surface area contributed by atoms with Crippen LogP contribution < -0.4 is 16.2 Å². The van der Waals surface area contributed by atoms with E-state index in [2.05, 4.69) is 23.1 Å². The Hall–Kier alpha value is -0.970. The molecule has 20 heavy (non-hydrogen) atoms. The number of nitrogens with one attached hydrogen (secondary N) is 3. The van der Waals surface area contributed by atoms with Gasteiger partial charge in [-0.1, -0.05) is 25.0 Å². The van der Waals surface area contributed by atoms with E-state index in [4.69, 9.17) is 0 Å². The van der Waals surface area contributed by atoms with Crippen LogP contribution in [0.3, 0.4) is 0 Å². The van der Waals surface area contributed by atoms with E-state index >= 15 is 0 Å². The molecular weight excluding hydrogens is 253 g/mol. The van der Waals surface area contributed by atoms with E-state index in [1.807, 2.05) is 12.1 Å². The maximum atomic E-state index is 13.1. The van der Waals surface area contributed by atoms with Crippen molar-refractivity contribution < 1.29 is 4.39 Å². The Balaban J connectivity index is 1.72. The number of benzene rings is 1. The topological polar surface area (TPSA) is 36.1 Å². The van der Waals surface area contributed by atoms with Gasteiger partial charge < -0.3 is 5.32 Å². The molecule has 3 rings (SSSR count). The largest absolute Gasteiger partial charge is 0.307 e. The molecule has 1 aromatic rings. The smallest absolute Gasteiger partial charge is 0.123 e. The molecule has 0 spiro atoms. The molecule has 2 aliphatic rings. The molecule has 0 radical (unpaired) electrons. The zero-order chi connectivity index (χ0) is 14.0. The third-order valence-corrected chi connectivity index (χ3v) is 4.96. The average Bonchev–Trinajstić information content (AvgIpc) is 3.07. The van der Waals surface area contributed by atoms with Gasteiger partial charge in [-0.2, -0.15) is 0 Å². The van der Waals surface area contributed by atoms with Crippen LogP contribution in [-0.4, -0.2) is 19.1 Å². The lowest BCUT2D eigenvalue weighted by atomic mass is 9.87. The van der Waals surface area contributed by atoms with Gasteiger partial charge in [0.1, 0.15) is 5.82 Å². The van der Waals surface area contributed by atoms with Crippen LogP contribution in [0.2, 0.25) is 0 Å². The summed E-state index contributed by atoms with van der Waals surface area (Å²) in [5.41, 5.74) is 7.77. The molecule has 110 valence electrons. The Morgan fingerprint density at radius 2 is 1.95 bits per heavy atom. The van der Waals surface area contributed by atoms with Crippen molar-refractivity contribution in [2.75, 3.05) is 13.1 Å². The summed E-state index contributed by atoms with van der Waals surface area (Å²) in [6, 6.07) is 7.55. The van der Waals surface area contributed by atoms with E-state index in [-0.39, 0.29) is 11.4 Å². The normalized spacial score (nSPS) is 28.9. The monoisotopic (exact) mass is 277 g/mol. The van der Waals surface area contributed by atoms with Crippen molar-refractivity contribution in [3.8, 4) is 0 Å². The van der Waals surface area contributed by atoms with E-state index in [1.165, 1.54) is 18.4 Å². The minimum Gasteiger partial charge on any atom is -0.307 e. The molecule has 1 heterocycles. The van der Waals surface area contributed by atoms with Gasteiger partial charge in [0, 0.05) is 30.6 Å². The Morgan fingerprint density at radius 3 is 2.55 bits per heavy atom. The summed E-state index contributed by atoms with van der Waals surface area (Å²) in [5, 5.41) is 3.80. The van der Waals surface area contributed by atoms with Gasteiger partial charge in [-0.05, 0) is 37.5 Å². The van der Waals surface area contributed by atoms with Gasteiger partial charge in [-0.15, -0.1) is 0 Å². The van der Waals surface area contributed by atoms with Gasteiger partial charge in [-0.3, -0.25) is 10.9 Å². The average molecular weight is 277 g/mol. The Bertz CT molecular complexity index is 440. The van der Waals surface area contributed by atoms with Crippen LogP contribution in [0.1, 0.15) is 38.2 Å². The molecule has 4 heteroatoms. The van der Waals surface area contributed by atoms with Crippen molar-refractivity contribution >= 4 is 0 Å². The summed E-state index contributed by atoms with van der Waals surface area (Å²) < 4.78 is 13.1. The molecule has 1 aliphatic heterocycles. The summed E-state index contributed by atoms with van der Waals surface area (Å²) >= 11 is 0. The molecule has 2 unspecified atom stereocenters. The standard InChI is InChI=1S/C16H24FN3/c1-12-13(11-19-20-12)10-18-16(8-2-3-9-16)14-4-6-15(17)7-5-14/h4-7,12-13,18-20H,2-3,8-11H2,1H3. The van der Waals surface area contributed by atoms with Crippen molar-refractivity contribution in [2.24, 2.45) is 5.92 Å². The van der Waals surface area contributed by atoms with Crippen LogP contribution in [-0.2, 0) is 5.54 Å². The number of rotatable bonds is 4. The van der Waals surface area contributed by atoms with E-state index < -0.39 is 0 Å². The molecule has 3 nitrogen and oxygen atoms in total. The number of halogens is 1. The molecule has 3 N–H and O–H groups in total. The zero-order valence-corrected chi connectivity index (χ0v) is 12.1. The summed E-state index contributed by atoms with van der Waals surface area (Å²) in [7, 11) is 0. The second-order valence-electron chi connectivity index (χ2n) is 6.25. The third kappa shape index (κ3) is 2.73. The number of hydrazine groups is 1. The van der Waals surface area contributed by atoms with Crippen LogP contribution in [0.4, 0.5) is 4.39 Å². The van der Waals surface area contributed by atoms with Crippen molar-refractivity contribution in [3.05, 3.63) is 35.6 Å². The van der Waals surface area contributed by atoms with Crippen molar-refractivity contribution in [1.82, 2.24) is 16.2 Å². The first kappa shape index (κ1) is 14.0. The predicted octanol–water partition coefficient (Wildman–Crippen LogP) is 2.30. The van der Waals surface area contributed by atoms with Crippen molar-refractivity contribution in [2.45, 2.75) is 44.2 Å². The maximum Gasteiger partial charge on any atom is 0.123 e. The van der Waals surface area contributed by atoms with Crippen LogP contribution in [0, 0.1) is 11.7 Å². The lowest BCUT2D eigenvalue weighted by Crippen LogP contribution is -2.44. The van der Waals surface area contributed by atoms with E-state index in [0.29, 0.717) is 12.0 Å². The Morgan fingerprint density at radius 1 is 1.25 bits per heavy atom. The Labute approximate surface area is 120 Å². The third-order valence-electron chi connectivity index (χ3n) is 4.96. The molecule has 1 aromatic carbocycles. The minimum atomic E-state index is -0.153. The molecule has 1 aliphatic carbocycles. The summed E-state index contributed by atoms with van der Waals surface area (Å²) in [4.78, 5) is 0. The highest BCUT2D eigenvalue weighted by Crippen LogP contribution is 2.39. The number of hydrogen-bond donors (Lipinski definition) is 3. The van der Waals surface area contributed by atoms with Crippen LogP contribution in [0.25, 0.3) is 0 Å². The van der Waals surface area contributed by atoms with Gasteiger partial charge >= 0.3 is 0 Å². The molecule has 1 saturated carbocycles. The molecule has 0 aromatic heterocycles. The van der Waals surface area contributed by atoms with E-state index in [0.717, 1.165) is 25.9 Å². The fourth-order valence-electron chi connectivity index (χ4n) is 3.54. The predicted molar refractivity (Wildman–Crippen MR) is 78.6 cm³/mol. The second-order valence-corrected chi connectivity index (χ2v) is 6.25. The summed E-state index contributed by atoms with van der Waals surface area (Å²) in [6.07, 6.45) is 4.81. The lowest BCUT2D eigenvalue weighted by molar-refractivity contribution is 0.306. The first-order chi connectivity index (χ1) is 9.70. The fourth-order valence-corrected chi connectivity index (χ4v) is 3.54. The highest BCUT2D eigenvalue weighted by molar-refractivity contribution is 5.26. The SMILES string of the molecule is CC1NNCC1CNC1(c2ccc(F)cc2)CCCC1. The van der Waals surface area contributed by atoms with E-state index in [9.17, 15) is 4.39 Å². The molecular formula is C16H24FN3. The van der Waals surface area contributed by atoms with Crippen LogP contribution >= 0.6 is 0 Å². The fraction of sp³-hybridized carbons (Fsp3) is 0.625.